The Kier molecular flexibility index (Phi) is 19.3. The van der Waals surface area contributed by atoms with Gasteiger partial charge < -0.3 is 0 Å². The summed E-state index contributed by atoms with van der Waals surface area (Å²) < 4.78 is 0. The van der Waals surface area contributed by atoms with E-state index in [9.17, 15) is 9.59 Å². The number of rotatable bonds is 9. The third kappa shape index (κ3) is 17.2. The van der Waals surface area contributed by atoms with Gasteiger partial charge in [0, 0.05) is 0 Å². The van der Waals surface area contributed by atoms with E-state index in [1.54, 1.807) is 0 Å². The number of unbranched alkanes of at least 4 members (excludes halogenated alkanes) is 3. The zero-order valence-corrected chi connectivity index (χ0v) is 11.9. The number of carbonyl (C=O) groups excluding carboxylic acids is 2. The van der Waals surface area contributed by atoms with Crippen molar-refractivity contribution in [3.05, 3.63) is 0 Å². The first-order chi connectivity index (χ1) is 8.76. The number of isocyanates is 2. The first kappa shape index (κ1) is 19.1. The van der Waals surface area contributed by atoms with Gasteiger partial charge >= 0.3 is 0 Å². The van der Waals surface area contributed by atoms with Crippen LogP contribution in [0.2, 0.25) is 0 Å². The number of nitrogens with zero attached hydrogens (tertiary/aromatic N) is 2. The molecule has 4 heteroatoms. The Hall–Kier alpha value is -1.24. The summed E-state index contributed by atoms with van der Waals surface area (Å²) in [6.45, 7) is 6.88. The maximum atomic E-state index is 9.89. The van der Waals surface area contributed by atoms with Crippen LogP contribution in [0.5, 0.6) is 0 Å². The monoisotopic (exact) mass is 254 g/mol. The molecule has 0 bridgehead atoms. The Morgan fingerprint density at radius 2 is 1.56 bits per heavy atom. The minimum Gasteiger partial charge on any atom is -0.211 e. The first-order valence-electron chi connectivity index (χ1n) is 6.87. The van der Waals surface area contributed by atoms with Crippen LogP contribution in [0.15, 0.2) is 9.98 Å². The van der Waals surface area contributed by atoms with Gasteiger partial charge in [0.1, 0.15) is 0 Å². The van der Waals surface area contributed by atoms with Gasteiger partial charge in [0.2, 0.25) is 12.2 Å². The van der Waals surface area contributed by atoms with E-state index in [1.807, 2.05) is 6.92 Å². The van der Waals surface area contributed by atoms with Gasteiger partial charge in [-0.15, -0.1) is 0 Å². The van der Waals surface area contributed by atoms with Gasteiger partial charge in [0.15, 0.2) is 0 Å². The second-order valence-corrected chi connectivity index (χ2v) is 4.10. The van der Waals surface area contributed by atoms with Crippen molar-refractivity contribution in [2.45, 2.75) is 71.8 Å². The highest BCUT2D eigenvalue weighted by molar-refractivity contribution is 5.33. The molecule has 0 aliphatic heterocycles. The van der Waals surface area contributed by atoms with Gasteiger partial charge in [-0.25, -0.2) is 19.6 Å². The lowest BCUT2D eigenvalue weighted by Crippen LogP contribution is -2.02. The minimum absolute atomic E-state index is 0.0318. The van der Waals surface area contributed by atoms with E-state index in [-0.39, 0.29) is 6.04 Å². The van der Waals surface area contributed by atoms with E-state index in [2.05, 4.69) is 23.8 Å². The smallest absolute Gasteiger partial charge is 0.211 e. The maximum absolute atomic E-state index is 9.89. The first-order valence-corrected chi connectivity index (χ1v) is 6.87. The van der Waals surface area contributed by atoms with E-state index < -0.39 is 0 Å². The molecule has 0 heterocycles. The third-order valence-corrected chi connectivity index (χ3v) is 2.54. The SMILES string of the molecule is CCC(CCCN=C=O)N=C=O.CCCCCC. The summed E-state index contributed by atoms with van der Waals surface area (Å²) in [5.74, 6) is 0. The quantitative estimate of drug-likeness (QED) is 0.357. The lowest BCUT2D eigenvalue weighted by Gasteiger charge is -2.04. The van der Waals surface area contributed by atoms with E-state index in [0.717, 1.165) is 19.3 Å². The van der Waals surface area contributed by atoms with Crippen LogP contribution in [-0.2, 0) is 9.59 Å². The fourth-order valence-electron chi connectivity index (χ4n) is 1.39. The largest absolute Gasteiger partial charge is 0.235 e. The Morgan fingerprint density at radius 1 is 0.944 bits per heavy atom. The van der Waals surface area contributed by atoms with E-state index in [0.29, 0.717) is 6.54 Å². The molecule has 0 rings (SSSR count). The topological polar surface area (TPSA) is 58.9 Å². The highest BCUT2D eigenvalue weighted by atomic mass is 16.1. The Bertz CT molecular complexity index is 251. The standard InChI is InChI=1S/C8H12N2O2.C6H14/c1-2-8(10-7-12)4-3-5-9-6-11;1-3-5-6-4-2/h8H,2-5H2,1H3;3-6H2,1-2H3. The molecule has 0 radical (unpaired) electrons. The fraction of sp³-hybridized carbons (Fsp3) is 0.857. The molecule has 0 aromatic rings. The van der Waals surface area contributed by atoms with Gasteiger partial charge in [0.25, 0.3) is 0 Å². The number of hydrogen-bond donors (Lipinski definition) is 0. The summed E-state index contributed by atoms with van der Waals surface area (Å²) >= 11 is 0. The highest BCUT2D eigenvalue weighted by Gasteiger charge is 2.01. The molecule has 0 aliphatic rings. The van der Waals surface area contributed by atoms with Crippen LogP contribution < -0.4 is 0 Å². The van der Waals surface area contributed by atoms with E-state index >= 15 is 0 Å². The van der Waals surface area contributed by atoms with Crippen LogP contribution in [0.4, 0.5) is 0 Å². The van der Waals surface area contributed by atoms with Crippen LogP contribution in [0.3, 0.4) is 0 Å². The van der Waals surface area contributed by atoms with Crippen molar-refractivity contribution in [2.75, 3.05) is 6.54 Å². The highest BCUT2D eigenvalue weighted by Crippen LogP contribution is 2.05. The Balaban J connectivity index is 0. The van der Waals surface area contributed by atoms with Crippen molar-refractivity contribution in [1.82, 2.24) is 0 Å². The van der Waals surface area contributed by atoms with Gasteiger partial charge in [-0.05, 0) is 19.3 Å². The molecule has 0 amide bonds. The molecule has 0 spiro atoms. The molecular formula is C14H26N2O2. The molecule has 0 saturated carbocycles. The van der Waals surface area contributed by atoms with E-state index in [4.69, 9.17) is 0 Å². The van der Waals surface area contributed by atoms with Crippen molar-refractivity contribution in [3.8, 4) is 0 Å². The fourth-order valence-corrected chi connectivity index (χ4v) is 1.39. The molecule has 0 fully saturated rings. The van der Waals surface area contributed by atoms with E-state index in [1.165, 1.54) is 37.8 Å². The van der Waals surface area contributed by atoms with Crippen LogP contribution in [0.25, 0.3) is 0 Å². The lowest BCUT2D eigenvalue weighted by molar-refractivity contribution is 0.536. The molecule has 0 N–H and O–H groups in total. The van der Waals surface area contributed by atoms with Crippen LogP contribution >= 0.6 is 0 Å². The van der Waals surface area contributed by atoms with Gasteiger partial charge in [-0.1, -0.05) is 46.5 Å². The third-order valence-electron chi connectivity index (χ3n) is 2.54. The molecule has 0 aliphatic carbocycles. The predicted octanol–water partition coefficient (Wildman–Crippen LogP) is 3.80. The number of hydrogen-bond acceptors (Lipinski definition) is 4. The Morgan fingerprint density at radius 3 is 1.94 bits per heavy atom. The van der Waals surface area contributed by atoms with Crippen molar-refractivity contribution < 1.29 is 9.59 Å². The predicted molar refractivity (Wildman–Crippen MR) is 74.2 cm³/mol. The van der Waals surface area contributed by atoms with Crippen LogP contribution in [0.1, 0.15) is 65.7 Å². The average molecular weight is 254 g/mol. The van der Waals surface area contributed by atoms with Gasteiger partial charge in [-0.3, -0.25) is 0 Å². The molecule has 0 saturated heterocycles. The summed E-state index contributed by atoms with van der Waals surface area (Å²) in [6, 6.07) is 0.0318. The Labute approximate surface area is 111 Å². The zero-order chi connectivity index (χ0) is 14.1. The molecule has 0 aromatic carbocycles. The minimum atomic E-state index is 0.0318. The molecule has 104 valence electrons. The normalized spacial score (nSPS) is 10.4. The van der Waals surface area contributed by atoms with Crippen molar-refractivity contribution in [1.29, 1.82) is 0 Å². The maximum Gasteiger partial charge on any atom is 0.235 e. The van der Waals surface area contributed by atoms with Crippen molar-refractivity contribution in [3.63, 3.8) is 0 Å². The zero-order valence-electron chi connectivity index (χ0n) is 11.9. The average Bonchev–Trinajstić information content (AvgIpc) is 2.40. The summed E-state index contributed by atoms with van der Waals surface area (Å²) in [5.41, 5.74) is 0. The lowest BCUT2D eigenvalue weighted by atomic mass is 10.1. The second-order valence-electron chi connectivity index (χ2n) is 4.10. The summed E-state index contributed by atoms with van der Waals surface area (Å²) in [5, 5.41) is 0. The molecular weight excluding hydrogens is 228 g/mol. The second kappa shape index (κ2) is 18.1. The molecule has 4 nitrogen and oxygen atoms in total. The van der Waals surface area contributed by atoms with Crippen molar-refractivity contribution in [2.24, 2.45) is 9.98 Å². The summed E-state index contributed by atoms with van der Waals surface area (Å²) in [7, 11) is 0. The number of aliphatic imine (C=N–C) groups is 2. The van der Waals surface area contributed by atoms with Crippen LogP contribution in [-0.4, -0.2) is 24.7 Å². The van der Waals surface area contributed by atoms with Crippen molar-refractivity contribution >= 4 is 12.2 Å². The molecule has 0 aromatic heterocycles. The molecule has 1 atom stereocenters. The summed E-state index contributed by atoms with van der Waals surface area (Å²) in [4.78, 5) is 26.5. The van der Waals surface area contributed by atoms with Gasteiger partial charge in [-0.2, -0.15) is 0 Å². The summed E-state index contributed by atoms with van der Waals surface area (Å²) in [6.07, 6.45) is 10.9. The molecule has 1 unspecified atom stereocenters. The molecule has 18 heavy (non-hydrogen) atoms. The van der Waals surface area contributed by atoms with Crippen LogP contribution in [0, 0.1) is 0 Å². The van der Waals surface area contributed by atoms with Gasteiger partial charge in [0.05, 0.1) is 12.6 Å².